The number of carbonyl (C=O) groups excluding carboxylic acids is 1. The quantitative estimate of drug-likeness (QED) is 0.586. The molecule has 0 unspecified atom stereocenters. The first kappa shape index (κ1) is 20.5. The zero-order valence-electron chi connectivity index (χ0n) is 15.5. The number of hydrogen-bond acceptors (Lipinski definition) is 3. The highest BCUT2D eigenvalue weighted by Crippen LogP contribution is 2.29. The highest BCUT2D eigenvalue weighted by Gasteiger charge is 2.30. The predicted octanol–water partition coefficient (Wildman–Crippen LogP) is 4.71. The van der Waals surface area contributed by atoms with Crippen molar-refractivity contribution in [3.05, 3.63) is 65.2 Å². The maximum Gasteiger partial charge on any atom is 0.416 e. The number of alkyl halides is 3. The molecule has 2 aromatic carbocycles. The molecular formula is C20H22F3N3O. The fourth-order valence-electron chi connectivity index (χ4n) is 2.60. The van der Waals surface area contributed by atoms with Crippen LogP contribution < -0.4 is 10.3 Å². The molecule has 0 aromatic heterocycles. The van der Waals surface area contributed by atoms with E-state index in [2.05, 4.69) is 29.3 Å². The zero-order chi connectivity index (χ0) is 20.0. The topological polar surface area (TPSA) is 44.7 Å². The Labute approximate surface area is 156 Å². The molecule has 1 N–H and O–H groups in total. The number of hydrogen-bond donors (Lipinski definition) is 1. The minimum absolute atomic E-state index is 0.286. The summed E-state index contributed by atoms with van der Waals surface area (Å²) in [5.41, 5.74) is 3.65. The van der Waals surface area contributed by atoms with E-state index in [0.29, 0.717) is 11.1 Å². The number of nitrogens with one attached hydrogen (secondary N) is 1. The van der Waals surface area contributed by atoms with Gasteiger partial charge in [-0.05, 0) is 62.7 Å². The maximum atomic E-state index is 12.8. The van der Waals surface area contributed by atoms with Crippen LogP contribution in [0.2, 0.25) is 0 Å². The van der Waals surface area contributed by atoms with Gasteiger partial charge < -0.3 is 4.90 Å². The molecule has 1 amide bonds. The number of anilines is 1. The van der Waals surface area contributed by atoms with Gasteiger partial charge in [-0.1, -0.05) is 12.1 Å². The largest absolute Gasteiger partial charge is 0.416 e. The van der Waals surface area contributed by atoms with Crippen molar-refractivity contribution in [3.8, 4) is 0 Å². The Morgan fingerprint density at radius 1 is 1.04 bits per heavy atom. The Hall–Kier alpha value is -2.83. The monoisotopic (exact) mass is 377 g/mol. The van der Waals surface area contributed by atoms with E-state index in [1.807, 2.05) is 12.1 Å². The van der Waals surface area contributed by atoms with Gasteiger partial charge in [0.15, 0.2) is 0 Å². The number of carbonyl (C=O) groups is 1. The third-order valence-electron chi connectivity index (χ3n) is 4.19. The van der Waals surface area contributed by atoms with Crippen molar-refractivity contribution in [2.75, 3.05) is 18.0 Å². The van der Waals surface area contributed by atoms with Crippen molar-refractivity contribution < 1.29 is 18.0 Å². The summed E-state index contributed by atoms with van der Waals surface area (Å²) in [6.07, 6.45) is -4.42. The molecule has 2 aromatic rings. The molecule has 0 radical (unpaired) electrons. The Balaban J connectivity index is 2.10. The van der Waals surface area contributed by atoms with E-state index < -0.39 is 17.6 Å². The molecule has 0 aliphatic heterocycles. The number of halogens is 3. The Morgan fingerprint density at radius 3 is 2.22 bits per heavy atom. The first-order valence-electron chi connectivity index (χ1n) is 8.63. The van der Waals surface area contributed by atoms with Crippen molar-refractivity contribution in [1.29, 1.82) is 0 Å². The molecule has 7 heteroatoms. The normalized spacial score (nSPS) is 12.0. The second-order valence-electron chi connectivity index (χ2n) is 5.94. The lowest BCUT2D eigenvalue weighted by Gasteiger charge is -2.20. The van der Waals surface area contributed by atoms with Crippen LogP contribution in [0.15, 0.2) is 53.6 Å². The second-order valence-corrected chi connectivity index (χ2v) is 5.94. The van der Waals surface area contributed by atoms with Gasteiger partial charge in [0.25, 0.3) is 5.91 Å². The number of benzene rings is 2. The van der Waals surface area contributed by atoms with Crippen molar-refractivity contribution in [2.24, 2.45) is 5.10 Å². The van der Waals surface area contributed by atoms with Crippen molar-refractivity contribution in [2.45, 2.75) is 26.9 Å². The van der Waals surface area contributed by atoms with Crippen LogP contribution in [-0.4, -0.2) is 24.7 Å². The van der Waals surface area contributed by atoms with Crippen LogP contribution in [-0.2, 0) is 6.18 Å². The highest BCUT2D eigenvalue weighted by molar-refractivity contribution is 6.01. The highest BCUT2D eigenvalue weighted by atomic mass is 19.4. The Kier molecular flexibility index (Phi) is 6.60. The molecule has 0 atom stereocenters. The van der Waals surface area contributed by atoms with Crippen LogP contribution in [0.25, 0.3) is 0 Å². The van der Waals surface area contributed by atoms with E-state index in [-0.39, 0.29) is 5.71 Å². The number of amides is 1. The van der Waals surface area contributed by atoms with Crippen LogP contribution in [0.3, 0.4) is 0 Å². The minimum atomic E-state index is -4.42. The molecule has 4 nitrogen and oxygen atoms in total. The fourth-order valence-corrected chi connectivity index (χ4v) is 2.60. The lowest BCUT2D eigenvalue weighted by atomic mass is 10.1. The van der Waals surface area contributed by atoms with Crippen LogP contribution in [0, 0.1) is 0 Å². The summed E-state index contributed by atoms with van der Waals surface area (Å²) in [5, 5.41) is 3.92. The van der Waals surface area contributed by atoms with Gasteiger partial charge in [-0.15, -0.1) is 0 Å². The van der Waals surface area contributed by atoms with Gasteiger partial charge in [0.1, 0.15) is 0 Å². The molecule has 0 bridgehead atoms. The Bertz CT molecular complexity index is 810. The third-order valence-corrected chi connectivity index (χ3v) is 4.19. The molecule has 144 valence electrons. The van der Waals surface area contributed by atoms with Gasteiger partial charge in [0.05, 0.1) is 11.3 Å². The van der Waals surface area contributed by atoms with Gasteiger partial charge in [-0.3, -0.25) is 4.79 Å². The summed E-state index contributed by atoms with van der Waals surface area (Å²) in [5.74, 6) is -0.424. The number of nitrogens with zero attached hydrogens (tertiary/aromatic N) is 2. The standard InChI is InChI=1S/C20H22F3N3O/c1-4-26(5-2)18-11-9-15(10-12-18)19(27)25-24-14(3)16-7-6-8-17(13-16)20(21,22)23/h6-13H,4-5H2,1-3H3,(H,25,27)/b24-14+. The van der Waals surface area contributed by atoms with Crippen LogP contribution >= 0.6 is 0 Å². The van der Waals surface area contributed by atoms with Gasteiger partial charge in [-0.25, -0.2) is 5.43 Å². The first-order valence-corrected chi connectivity index (χ1v) is 8.63. The molecule has 0 saturated heterocycles. The van der Waals surface area contributed by atoms with Crippen molar-refractivity contribution >= 4 is 17.3 Å². The SMILES string of the molecule is CCN(CC)c1ccc(C(=O)N/N=C(\C)c2cccc(C(F)(F)F)c2)cc1. The summed E-state index contributed by atoms with van der Waals surface area (Å²) in [6.45, 7) is 7.37. The minimum Gasteiger partial charge on any atom is -0.372 e. The van der Waals surface area contributed by atoms with E-state index in [9.17, 15) is 18.0 Å². The van der Waals surface area contributed by atoms with E-state index >= 15 is 0 Å². The third kappa shape index (κ3) is 5.32. The number of rotatable bonds is 6. The summed E-state index contributed by atoms with van der Waals surface area (Å²) >= 11 is 0. The molecule has 0 saturated carbocycles. The predicted molar refractivity (Wildman–Crippen MR) is 101 cm³/mol. The molecule has 0 aliphatic carbocycles. The summed E-state index contributed by atoms with van der Waals surface area (Å²) in [4.78, 5) is 14.4. The molecule has 2 rings (SSSR count). The van der Waals surface area contributed by atoms with Crippen LogP contribution in [0.5, 0.6) is 0 Å². The van der Waals surface area contributed by atoms with Gasteiger partial charge >= 0.3 is 6.18 Å². The van der Waals surface area contributed by atoms with E-state index in [1.54, 1.807) is 19.1 Å². The van der Waals surface area contributed by atoms with Crippen LogP contribution in [0.4, 0.5) is 18.9 Å². The lowest BCUT2D eigenvalue weighted by molar-refractivity contribution is -0.137. The molecule has 0 fully saturated rings. The van der Waals surface area contributed by atoms with Crippen molar-refractivity contribution in [3.63, 3.8) is 0 Å². The van der Waals surface area contributed by atoms with Crippen molar-refractivity contribution in [1.82, 2.24) is 5.43 Å². The average Bonchev–Trinajstić information content (AvgIpc) is 2.66. The molecule has 0 spiro atoms. The summed E-state index contributed by atoms with van der Waals surface area (Å²) in [6, 6.07) is 11.9. The zero-order valence-corrected chi connectivity index (χ0v) is 15.5. The van der Waals surface area contributed by atoms with Gasteiger partial charge in [0.2, 0.25) is 0 Å². The maximum absolute atomic E-state index is 12.8. The molecule has 27 heavy (non-hydrogen) atoms. The van der Waals surface area contributed by atoms with E-state index in [1.165, 1.54) is 12.1 Å². The molecule has 0 aliphatic rings. The van der Waals surface area contributed by atoms with E-state index in [4.69, 9.17) is 0 Å². The van der Waals surface area contributed by atoms with Gasteiger partial charge in [-0.2, -0.15) is 18.3 Å². The van der Waals surface area contributed by atoms with Crippen LogP contribution in [0.1, 0.15) is 42.3 Å². The Morgan fingerprint density at radius 2 is 1.67 bits per heavy atom. The second kappa shape index (κ2) is 8.70. The smallest absolute Gasteiger partial charge is 0.372 e. The summed E-state index contributed by atoms with van der Waals surface area (Å²) in [7, 11) is 0. The first-order chi connectivity index (χ1) is 12.8. The summed E-state index contributed by atoms with van der Waals surface area (Å²) < 4.78 is 38.4. The molecule has 0 heterocycles. The molecular weight excluding hydrogens is 355 g/mol. The average molecular weight is 377 g/mol. The van der Waals surface area contributed by atoms with Gasteiger partial charge in [0, 0.05) is 24.3 Å². The lowest BCUT2D eigenvalue weighted by Crippen LogP contribution is -2.22. The number of hydrazone groups is 1. The fraction of sp³-hybridized carbons (Fsp3) is 0.300. The van der Waals surface area contributed by atoms with E-state index in [0.717, 1.165) is 30.9 Å².